The normalized spacial score (nSPS) is 28.3. The zero-order valence-electron chi connectivity index (χ0n) is 13.1. The summed E-state index contributed by atoms with van der Waals surface area (Å²) in [7, 11) is 0. The van der Waals surface area contributed by atoms with Crippen LogP contribution in [-0.4, -0.2) is 77.6 Å². The van der Waals surface area contributed by atoms with Crippen LogP contribution in [0.1, 0.15) is 26.7 Å². The smallest absolute Gasteiger partial charge is 0.320 e. The number of carboxylic acids is 1. The fraction of sp³-hybridized carbons (Fsp3) is 0.867. The van der Waals surface area contributed by atoms with Gasteiger partial charge in [-0.2, -0.15) is 0 Å². The third-order valence-electron chi connectivity index (χ3n) is 4.82. The zero-order chi connectivity index (χ0) is 15.4. The van der Waals surface area contributed by atoms with Gasteiger partial charge in [-0.3, -0.25) is 9.69 Å². The fourth-order valence-corrected chi connectivity index (χ4v) is 3.15. The van der Waals surface area contributed by atoms with Crippen LogP contribution in [0.2, 0.25) is 0 Å². The minimum Gasteiger partial charge on any atom is -0.480 e. The van der Waals surface area contributed by atoms with Crippen molar-refractivity contribution in [3.05, 3.63) is 0 Å². The molecule has 2 rings (SSSR count). The molecule has 0 aromatic carbocycles. The number of aliphatic carboxylic acids is 1. The molecule has 0 aliphatic carbocycles. The molecule has 120 valence electrons. The molecule has 0 radical (unpaired) electrons. The number of hydrogen-bond acceptors (Lipinski definition) is 3. The molecule has 1 N–H and O–H groups in total. The van der Waals surface area contributed by atoms with Gasteiger partial charge in [0.15, 0.2) is 0 Å². The summed E-state index contributed by atoms with van der Waals surface area (Å²) in [6.07, 6.45) is 1.92. The van der Waals surface area contributed by atoms with E-state index in [0.717, 1.165) is 39.0 Å². The van der Waals surface area contributed by atoms with Crippen LogP contribution in [0.25, 0.3) is 0 Å². The molecule has 2 saturated heterocycles. The summed E-state index contributed by atoms with van der Waals surface area (Å²) in [5, 5.41) is 8.86. The Morgan fingerprint density at radius 2 is 1.76 bits per heavy atom. The topological polar surface area (TPSA) is 64.1 Å². The minimum absolute atomic E-state index is 0.0697. The van der Waals surface area contributed by atoms with E-state index in [0.29, 0.717) is 24.9 Å². The molecule has 0 aromatic heterocycles. The first-order valence-corrected chi connectivity index (χ1v) is 7.95. The van der Waals surface area contributed by atoms with Crippen LogP contribution in [-0.2, 0) is 4.79 Å². The van der Waals surface area contributed by atoms with Gasteiger partial charge >= 0.3 is 12.0 Å². The van der Waals surface area contributed by atoms with E-state index >= 15 is 0 Å². The van der Waals surface area contributed by atoms with Gasteiger partial charge in [-0.25, -0.2) is 4.79 Å². The summed E-state index contributed by atoms with van der Waals surface area (Å²) < 4.78 is 0. The van der Waals surface area contributed by atoms with Gasteiger partial charge in [0.2, 0.25) is 0 Å². The molecule has 6 heteroatoms. The number of nitrogens with zero attached hydrogens (tertiary/aromatic N) is 3. The Bertz CT molecular complexity index is 388. The van der Waals surface area contributed by atoms with E-state index < -0.39 is 5.97 Å². The summed E-state index contributed by atoms with van der Waals surface area (Å²) in [6, 6.07) is 0.130. The van der Waals surface area contributed by atoms with Crippen LogP contribution in [0.15, 0.2) is 0 Å². The lowest BCUT2D eigenvalue weighted by Gasteiger charge is -2.38. The van der Waals surface area contributed by atoms with Crippen LogP contribution in [0.4, 0.5) is 4.79 Å². The van der Waals surface area contributed by atoms with E-state index in [1.54, 1.807) is 0 Å². The van der Waals surface area contributed by atoms with Crippen molar-refractivity contribution in [3.63, 3.8) is 0 Å². The quantitative estimate of drug-likeness (QED) is 0.831. The molecule has 0 aromatic rings. The predicted molar refractivity (Wildman–Crippen MR) is 80.2 cm³/mol. The van der Waals surface area contributed by atoms with Gasteiger partial charge in [-0.1, -0.05) is 13.8 Å². The molecule has 2 amide bonds. The van der Waals surface area contributed by atoms with Crippen molar-refractivity contribution in [3.8, 4) is 0 Å². The maximum atomic E-state index is 12.6. The Hall–Kier alpha value is -1.30. The van der Waals surface area contributed by atoms with Crippen molar-refractivity contribution >= 4 is 12.0 Å². The van der Waals surface area contributed by atoms with Crippen molar-refractivity contribution in [2.45, 2.75) is 26.7 Å². The fourth-order valence-electron chi connectivity index (χ4n) is 3.15. The minimum atomic E-state index is -0.798. The van der Waals surface area contributed by atoms with E-state index in [4.69, 9.17) is 5.11 Å². The molecule has 0 spiro atoms. The summed E-state index contributed by atoms with van der Waals surface area (Å²) in [4.78, 5) is 29.2. The van der Waals surface area contributed by atoms with Gasteiger partial charge in [-0.05, 0) is 24.7 Å². The summed E-state index contributed by atoms with van der Waals surface area (Å²) in [5.41, 5.74) is 0. The molecule has 0 bridgehead atoms. The van der Waals surface area contributed by atoms with Crippen LogP contribution in [0, 0.1) is 11.8 Å². The predicted octanol–water partition coefficient (Wildman–Crippen LogP) is 1.18. The van der Waals surface area contributed by atoms with E-state index in [9.17, 15) is 9.59 Å². The Labute approximate surface area is 126 Å². The molecule has 2 aliphatic rings. The lowest BCUT2D eigenvalue weighted by atomic mass is 9.89. The van der Waals surface area contributed by atoms with Crippen LogP contribution in [0.5, 0.6) is 0 Å². The molecular formula is C15H27N3O3. The van der Waals surface area contributed by atoms with Gasteiger partial charge in [-0.15, -0.1) is 0 Å². The highest BCUT2D eigenvalue weighted by Crippen LogP contribution is 2.23. The largest absolute Gasteiger partial charge is 0.480 e. The maximum Gasteiger partial charge on any atom is 0.320 e. The lowest BCUT2D eigenvalue weighted by Crippen LogP contribution is -2.49. The van der Waals surface area contributed by atoms with E-state index in [1.807, 2.05) is 14.7 Å². The highest BCUT2D eigenvalue weighted by atomic mass is 16.4. The summed E-state index contributed by atoms with van der Waals surface area (Å²) >= 11 is 0. The Morgan fingerprint density at radius 3 is 2.43 bits per heavy atom. The molecule has 2 aliphatic heterocycles. The van der Waals surface area contributed by atoms with E-state index in [2.05, 4.69) is 13.8 Å². The van der Waals surface area contributed by atoms with E-state index in [1.165, 1.54) is 0 Å². The third-order valence-corrected chi connectivity index (χ3v) is 4.82. The first kappa shape index (κ1) is 16.1. The standard InChI is InChI=1S/C15H27N3O3/c1-12-4-7-18(10-13(12)2)15(21)17-6-3-5-16(8-9-17)11-14(19)20/h12-13H,3-11H2,1-2H3,(H,19,20). The molecule has 2 unspecified atom stereocenters. The lowest BCUT2D eigenvalue weighted by molar-refractivity contribution is -0.138. The first-order valence-electron chi connectivity index (χ1n) is 7.95. The highest BCUT2D eigenvalue weighted by Gasteiger charge is 2.29. The maximum absolute atomic E-state index is 12.6. The second-order valence-electron chi connectivity index (χ2n) is 6.48. The SMILES string of the molecule is CC1CCN(C(=O)N2CCCN(CC(=O)O)CC2)CC1C. The number of likely N-dealkylation sites (tertiary alicyclic amines) is 1. The average molecular weight is 297 g/mol. The second-order valence-corrected chi connectivity index (χ2v) is 6.48. The number of carbonyl (C=O) groups is 2. The Kier molecular flexibility index (Phi) is 5.45. The van der Waals surface area contributed by atoms with Gasteiger partial charge in [0.1, 0.15) is 0 Å². The van der Waals surface area contributed by atoms with Gasteiger partial charge in [0.05, 0.1) is 6.54 Å². The van der Waals surface area contributed by atoms with Gasteiger partial charge < -0.3 is 14.9 Å². The zero-order valence-corrected chi connectivity index (χ0v) is 13.1. The molecule has 2 heterocycles. The highest BCUT2D eigenvalue weighted by molar-refractivity contribution is 5.74. The first-order chi connectivity index (χ1) is 9.97. The number of rotatable bonds is 2. The van der Waals surface area contributed by atoms with Crippen molar-refractivity contribution < 1.29 is 14.7 Å². The molecule has 2 fully saturated rings. The van der Waals surface area contributed by atoms with Crippen LogP contribution in [0.3, 0.4) is 0 Å². The molecule has 6 nitrogen and oxygen atoms in total. The van der Waals surface area contributed by atoms with Crippen molar-refractivity contribution in [2.24, 2.45) is 11.8 Å². The molecular weight excluding hydrogens is 270 g/mol. The van der Waals surface area contributed by atoms with Crippen LogP contribution < -0.4 is 0 Å². The number of amides is 2. The second kappa shape index (κ2) is 7.11. The van der Waals surface area contributed by atoms with Crippen molar-refractivity contribution in [2.75, 3.05) is 45.8 Å². The average Bonchev–Trinajstić information content (AvgIpc) is 2.66. The number of hydrogen-bond donors (Lipinski definition) is 1. The Balaban J connectivity index is 1.87. The van der Waals surface area contributed by atoms with Crippen LogP contribution >= 0.6 is 0 Å². The molecule has 2 atom stereocenters. The third kappa shape index (κ3) is 4.33. The van der Waals surface area contributed by atoms with Crippen molar-refractivity contribution in [1.82, 2.24) is 14.7 Å². The number of carbonyl (C=O) groups excluding carboxylic acids is 1. The van der Waals surface area contributed by atoms with Gasteiger partial charge in [0.25, 0.3) is 0 Å². The number of carboxylic acid groups (broad SMARTS) is 1. The monoisotopic (exact) mass is 297 g/mol. The van der Waals surface area contributed by atoms with Gasteiger partial charge in [0, 0.05) is 39.3 Å². The summed E-state index contributed by atoms with van der Waals surface area (Å²) in [5.74, 6) is 0.441. The van der Waals surface area contributed by atoms with Crippen molar-refractivity contribution in [1.29, 1.82) is 0 Å². The molecule has 21 heavy (non-hydrogen) atoms. The number of urea groups is 1. The van der Waals surface area contributed by atoms with E-state index in [-0.39, 0.29) is 12.6 Å². The summed E-state index contributed by atoms with van der Waals surface area (Å²) in [6.45, 7) is 8.99. The molecule has 0 saturated carbocycles. The number of piperidine rings is 1. The Morgan fingerprint density at radius 1 is 1.00 bits per heavy atom.